The number of hydrazone groups is 1. The summed E-state index contributed by atoms with van der Waals surface area (Å²) in [4.78, 5) is 19.2. The van der Waals surface area contributed by atoms with Gasteiger partial charge in [-0.05, 0) is 29.8 Å². The van der Waals surface area contributed by atoms with Gasteiger partial charge in [-0.3, -0.25) is 9.78 Å². The number of rotatable bonds is 7. The predicted octanol–water partition coefficient (Wildman–Crippen LogP) is 5.64. The Balaban J connectivity index is 1.47. The number of halogens is 2. The third kappa shape index (κ3) is 5.62. The Morgan fingerprint density at radius 3 is 2.68 bits per heavy atom. The van der Waals surface area contributed by atoms with Crippen molar-refractivity contribution >= 4 is 35.4 Å². The zero-order chi connectivity index (χ0) is 23.9. The molecule has 0 spiro atoms. The number of hydrogen-bond donors (Lipinski definition) is 2. The standard InChI is InChI=1S/C25H17Cl2N5O2/c26-19-10-9-18(22(27)12-19)15-34-20-8-4-5-16(11-20)14-29-32-25-30-23(17-6-2-1-3-7-17)21(13-28)24(33)31-25/h1-12,14H,15H2,(H2,30,31,32,33). The van der Waals surface area contributed by atoms with Crippen molar-refractivity contribution in [2.45, 2.75) is 6.61 Å². The molecule has 34 heavy (non-hydrogen) atoms. The molecule has 0 saturated carbocycles. The van der Waals surface area contributed by atoms with Gasteiger partial charge in [0.1, 0.15) is 24.0 Å². The van der Waals surface area contributed by atoms with Gasteiger partial charge in [-0.15, -0.1) is 0 Å². The largest absolute Gasteiger partial charge is 0.489 e. The van der Waals surface area contributed by atoms with Gasteiger partial charge in [0.15, 0.2) is 0 Å². The maximum absolute atomic E-state index is 12.3. The minimum Gasteiger partial charge on any atom is -0.489 e. The Hall–Kier alpha value is -4.12. The predicted molar refractivity (Wildman–Crippen MR) is 133 cm³/mol. The van der Waals surface area contributed by atoms with Crippen LogP contribution in [0.3, 0.4) is 0 Å². The van der Waals surface area contributed by atoms with Gasteiger partial charge in [-0.2, -0.15) is 10.4 Å². The molecule has 0 saturated heterocycles. The molecule has 7 nitrogen and oxygen atoms in total. The molecule has 1 aromatic heterocycles. The van der Waals surface area contributed by atoms with E-state index in [0.29, 0.717) is 21.4 Å². The fraction of sp³-hybridized carbons (Fsp3) is 0.0400. The third-order valence-corrected chi connectivity index (χ3v) is 5.32. The first-order valence-corrected chi connectivity index (χ1v) is 10.8. The maximum atomic E-state index is 12.3. The number of H-pyrrole nitrogens is 1. The molecular weight excluding hydrogens is 473 g/mol. The van der Waals surface area contributed by atoms with Gasteiger partial charge in [-0.25, -0.2) is 10.4 Å². The molecule has 1 heterocycles. The maximum Gasteiger partial charge on any atom is 0.270 e. The quantitative estimate of drug-likeness (QED) is 0.258. The van der Waals surface area contributed by atoms with Crippen LogP contribution in [0.25, 0.3) is 11.3 Å². The first-order chi connectivity index (χ1) is 16.5. The van der Waals surface area contributed by atoms with Crippen molar-refractivity contribution < 1.29 is 4.74 Å². The molecule has 4 rings (SSSR count). The highest BCUT2D eigenvalue weighted by Crippen LogP contribution is 2.23. The number of nitriles is 1. The summed E-state index contributed by atoms with van der Waals surface area (Å²) >= 11 is 12.1. The van der Waals surface area contributed by atoms with E-state index in [1.54, 1.807) is 48.7 Å². The summed E-state index contributed by atoms with van der Waals surface area (Å²) in [5.41, 5.74) is 4.60. The van der Waals surface area contributed by atoms with Crippen molar-refractivity contribution in [3.8, 4) is 23.1 Å². The lowest BCUT2D eigenvalue weighted by molar-refractivity contribution is 0.306. The summed E-state index contributed by atoms with van der Waals surface area (Å²) in [7, 11) is 0. The monoisotopic (exact) mass is 489 g/mol. The molecular formula is C25H17Cl2N5O2. The summed E-state index contributed by atoms with van der Waals surface area (Å²) < 4.78 is 5.82. The average Bonchev–Trinajstić information content (AvgIpc) is 2.84. The molecule has 168 valence electrons. The zero-order valence-electron chi connectivity index (χ0n) is 17.6. The van der Waals surface area contributed by atoms with E-state index in [1.165, 1.54) is 0 Å². The van der Waals surface area contributed by atoms with E-state index in [4.69, 9.17) is 27.9 Å². The lowest BCUT2D eigenvalue weighted by Crippen LogP contribution is -2.16. The van der Waals surface area contributed by atoms with E-state index in [1.807, 2.05) is 36.4 Å². The smallest absolute Gasteiger partial charge is 0.270 e. The van der Waals surface area contributed by atoms with E-state index in [0.717, 1.165) is 11.1 Å². The van der Waals surface area contributed by atoms with Crippen molar-refractivity contribution in [2.24, 2.45) is 5.10 Å². The number of anilines is 1. The molecule has 0 aliphatic carbocycles. The minimum atomic E-state index is -0.551. The van der Waals surface area contributed by atoms with Crippen LogP contribution in [0.1, 0.15) is 16.7 Å². The molecule has 9 heteroatoms. The minimum absolute atomic E-state index is 0.0635. The molecule has 2 N–H and O–H groups in total. The molecule has 0 radical (unpaired) electrons. The molecule has 0 unspecified atom stereocenters. The van der Waals surface area contributed by atoms with Crippen LogP contribution >= 0.6 is 23.2 Å². The summed E-state index contributed by atoms with van der Waals surface area (Å²) in [6.07, 6.45) is 1.56. The van der Waals surface area contributed by atoms with Crippen molar-refractivity contribution in [3.63, 3.8) is 0 Å². The second-order valence-electron chi connectivity index (χ2n) is 7.08. The Labute approximate surface area is 205 Å². The normalized spacial score (nSPS) is 10.7. The summed E-state index contributed by atoms with van der Waals surface area (Å²) in [6, 6.07) is 23.4. The first kappa shape index (κ1) is 23.1. The highest BCUT2D eigenvalue weighted by atomic mass is 35.5. The highest BCUT2D eigenvalue weighted by molar-refractivity contribution is 6.35. The van der Waals surface area contributed by atoms with E-state index in [-0.39, 0.29) is 23.8 Å². The number of hydrogen-bond acceptors (Lipinski definition) is 6. The summed E-state index contributed by atoms with van der Waals surface area (Å²) in [5, 5.41) is 14.6. The van der Waals surface area contributed by atoms with Crippen LogP contribution in [-0.4, -0.2) is 16.2 Å². The van der Waals surface area contributed by atoms with Crippen LogP contribution in [0.2, 0.25) is 10.0 Å². The van der Waals surface area contributed by atoms with Crippen LogP contribution < -0.4 is 15.7 Å². The molecule has 3 aromatic carbocycles. The van der Waals surface area contributed by atoms with E-state index in [2.05, 4.69) is 20.5 Å². The second-order valence-corrected chi connectivity index (χ2v) is 7.93. The molecule has 4 aromatic rings. The summed E-state index contributed by atoms with van der Waals surface area (Å²) in [6.45, 7) is 0.285. The average molecular weight is 490 g/mol. The van der Waals surface area contributed by atoms with E-state index < -0.39 is 5.56 Å². The number of aromatic amines is 1. The fourth-order valence-electron chi connectivity index (χ4n) is 3.09. The van der Waals surface area contributed by atoms with Crippen LogP contribution in [0, 0.1) is 11.3 Å². The molecule has 0 aliphatic heterocycles. The Morgan fingerprint density at radius 1 is 1.09 bits per heavy atom. The topological polar surface area (TPSA) is 103 Å². The molecule has 0 amide bonds. The van der Waals surface area contributed by atoms with Gasteiger partial charge >= 0.3 is 0 Å². The van der Waals surface area contributed by atoms with Crippen molar-refractivity contribution in [3.05, 3.63) is 110 Å². The van der Waals surface area contributed by atoms with Crippen LogP contribution in [0.5, 0.6) is 5.75 Å². The Kier molecular flexibility index (Phi) is 7.23. The van der Waals surface area contributed by atoms with Crippen molar-refractivity contribution in [1.82, 2.24) is 9.97 Å². The van der Waals surface area contributed by atoms with Gasteiger partial charge in [0.05, 0.1) is 11.9 Å². The molecule has 0 bridgehead atoms. The number of aromatic nitrogens is 2. The van der Waals surface area contributed by atoms with E-state index in [9.17, 15) is 10.1 Å². The molecule has 0 fully saturated rings. The molecule has 0 aliphatic rings. The molecule has 0 atom stereocenters. The SMILES string of the molecule is N#Cc1c(-c2ccccc2)nc(NN=Cc2cccc(OCc3ccc(Cl)cc3Cl)c2)[nH]c1=O. The van der Waals surface area contributed by atoms with Gasteiger partial charge in [0.2, 0.25) is 5.95 Å². The third-order valence-electron chi connectivity index (χ3n) is 4.73. The Bertz CT molecular complexity index is 1450. The number of nitrogens with one attached hydrogen (secondary N) is 2. The van der Waals surface area contributed by atoms with Gasteiger partial charge in [-0.1, -0.05) is 71.7 Å². The Morgan fingerprint density at radius 2 is 1.91 bits per heavy atom. The first-order valence-electron chi connectivity index (χ1n) is 10.1. The lowest BCUT2D eigenvalue weighted by Gasteiger charge is -2.09. The van der Waals surface area contributed by atoms with Gasteiger partial charge in [0.25, 0.3) is 5.56 Å². The number of nitrogens with zero attached hydrogens (tertiary/aromatic N) is 3. The number of benzene rings is 3. The van der Waals surface area contributed by atoms with Gasteiger partial charge in [0, 0.05) is 21.2 Å². The second kappa shape index (κ2) is 10.7. The lowest BCUT2D eigenvalue weighted by atomic mass is 10.1. The fourth-order valence-corrected chi connectivity index (χ4v) is 3.55. The van der Waals surface area contributed by atoms with Crippen LogP contribution in [0.15, 0.2) is 82.7 Å². The van der Waals surface area contributed by atoms with Crippen molar-refractivity contribution in [2.75, 3.05) is 5.43 Å². The zero-order valence-corrected chi connectivity index (χ0v) is 19.1. The van der Waals surface area contributed by atoms with Crippen molar-refractivity contribution in [1.29, 1.82) is 5.26 Å². The number of ether oxygens (including phenoxy) is 1. The van der Waals surface area contributed by atoms with Crippen LogP contribution in [-0.2, 0) is 6.61 Å². The highest BCUT2D eigenvalue weighted by Gasteiger charge is 2.12. The van der Waals surface area contributed by atoms with E-state index >= 15 is 0 Å². The van der Waals surface area contributed by atoms with Crippen LogP contribution in [0.4, 0.5) is 5.95 Å². The summed E-state index contributed by atoms with van der Waals surface area (Å²) in [5.74, 6) is 0.745. The van der Waals surface area contributed by atoms with Gasteiger partial charge < -0.3 is 4.74 Å².